The molecule has 0 saturated heterocycles. The average molecular weight is 275 g/mol. The van der Waals surface area contributed by atoms with E-state index in [4.69, 9.17) is 4.74 Å². The molecule has 6 heteroatoms. The van der Waals surface area contributed by atoms with E-state index in [1.165, 1.54) is 0 Å². The highest BCUT2D eigenvalue weighted by molar-refractivity contribution is 5.60. The average Bonchev–Trinajstić information content (AvgIpc) is 2.92. The van der Waals surface area contributed by atoms with Gasteiger partial charge in [-0.1, -0.05) is 12.1 Å². The van der Waals surface area contributed by atoms with Crippen molar-refractivity contribution >= 4 is 5.69 Å². The first-order valence-electron chi connectivity index (χ1n) is 6.66. The maximum Gasteiger partial charge on any atom is 0.143 e. The van der Waals surface area contributed by atoms with Crippen molar-refractivity contribution in [1.29, 1.82) is 0 Å². The monoisotopic (exact) mass is 275 g/mol. The Morgan fingerprint density at radius 3 is 2.75 bits per heavy atom. The summed E-state index contributed by atoms with van der Waals surface area (Å²) in [5, 5.41) is 14.8. The van der Waals surface area contributed by atoms with Crippen molar-refractivity contribution in [1.82, 2.24) is 20.2 Å². The van der Waals surface area contributed by atoms with Gasteiger partial charge in [0.2, 0.25) is 0 Å². The highest BCUT2D eigenvalue weighted by Crippen LogP contribution is 2.22. The number of benzene rings is 1. The number of anilines is 1. The van der Waals surface area contributed by atoms with Gasteiger partial charge in [0.15, 0.2) is 0 Å². The zero-order valence-corrected chi connectivity index (χ0v) is 12.4. The Morgan fingerprint density at radius 2 is 2.10 bits per heavy atom. The van der Waals surface area contributed by atoms with Crippen molar-refractivity contribution in [3.8, 4) is 5.69 Å². The van der Waals surface area contributed by atoms with E-state index in [0.29, 0.717) is 0 Å². The lowest BCUT2D eigenvalue weighted by Crippen LogP contribution is -2.31. The van der Waals surface area contributed by atoms with Crippen LogP contribution in [0.1, 0.15) is 27.2 Å². The topological polar surface area (TPSA) is 64.9 Å². The molecule has 0 amide bonds. The molecule has 0 bridgehead atoms. The van der Waals surface area contributed by atoms with Gasteiger partial charge in [-0.05, 0) is 49.8 Å². The largest absolute Gasteiger partial charge is 0.381 e. The molecule has 1 heterocycles. The van der Waals surface area contributed by atoms with Crippen LogP contribution in [0, 0.1) is 0 Å². The maximum absolute atomic E-state index is 5.47. The zero-order chi connectivity index (χ0) is 14.6. The van der Waals surface area contributed by atoms with Gasteiger partial charge in [0.25, 0.3) is 0 Å². The van der Waals surface area contributed by atoms with Crippen LogP contribution in [0.3, 0.4) is 0 Å². The molecule has 0 spiro atoms. The number of methoxy groups -OCH3 is 1. The zero-order valence-electron chi connectivity index (χ0n) is 12.4. The fourth-order valence-electron chi connectivity index (χ4n) is 2.20. The summed E-state index contributed by atoms with van der Waals surface area (Å²) in [7, 11) is 1.74. The van der Waals surface area contributed by atoms with Gasteiger partial charge in [0.05, 0.1) is 17.0 Å². The number of para-hydroxylation sites is 2. The van der Waals surface area contributed by atoms with Gasteiger partial charge in [0.1, 0.15) is 6.33 Å². The molecule has 0 radical (unpaired) electrons. The van der Waals surface area contributed by atoms with Crippen LogP contribution in [0.2, 0.25) is 0 Å². The van der Waals surface area contributed by atoms with Crippen LogP contribution in [0.25, 0.3) is 5.69 Å². The molecule has 1 aromatic heterocycles. The summed E-state index contributed by atoms with van der Waals surface area (Å²) < 4.78 is 7.12. The lowest BCUT2D eigenvalue weighted by molar-refractivity contribution is 0.0128. The van der Waals surface area contributed by atoms with E-state index in [2.05, 4.69) is 41.6 Å². The summed E-state index contributed by atoms with van der Waals surface area (Å²) in [5.41, 5.74) is 1.77. The van der Waals surface area contributed by atoms with E-state index in [9.17, 15) is 0 Å². The van der Waals surface area contributed by atoms with Crippen molar-refractivity contribution in [3.05, 3.63) is 30.6 Å². The van der Waals surface area contributed by atoms with E-state index in [1.54, 1.807) is 18.1 Å². The predicted molar refractivity (Wildman–Crippen MR) is 77.9 cm³/mol. The van der Waals surface area contributed by atoms with Crippen molar-refractivity contribution in [3.63, 3.8) is 0 Å². The third kappa shape index (κ3) is 3.54. The fourth-order valence-corrected chi connectivity index (χ4v) is 2.20. The second kappa shape index (κ2) is 6.00. The first-order valence-corrected chi connectivity index (χ1v) is 6.66. The van der Waals surface area contributed by atoms with Crippen LogP contribution in [-0.2, 0) is 4.74 Å². The van der Waals surface area contributed by atoms with Gasteiger partial charge in [-0.15, -0.1) is 5.10 Å². The molecule has 1 atom stereocenters. The first-order chi connectivity index (χ1) is 9.52. The molecule has 1 N–H and O–H groups in total. The normalized spacial score (nSPS) is 13.2. The minimum atomic E-state index is -0.157. The number of tetrazole rings is 1. The molecule has 0 aliphatic heterocycles. The molecular weight excluding hydrogens is 254 g/mol. The molecular formula is C14H21N5O. The van der Waals surface area contributed by atoms with Gasteiger partial charge in [-0.2, -0.15) is 4.68 Å². The van der Waals surface area contributed by atoms with E-state index in [0.717, 1.165) is 17.8 Å². The summed E-state index contributed by atoms with van der Waals surface area (Å²) >= 11 is 0. The van der Waals surface area contributed by atoms with Gasteiger partial charge in [0, 0.05) is 13.2 Å². The quantitative estimate of drug-likeness (QED) is 0.876. The lowest BCUT2D eigenvalue weighted by atomic mass is 9.99. The number of ether oxygens (including phenoxy) is 1. The molecule has 108 valence electrons. The van der Waals surface area contributed by atoms with Crippen LogP contribution < -0.4 is 5.32 Å². The molecule has 1 aromatic carbocycles. The molecule has 0 fully saturated rings. The van der Waals surface area contributed by atoms with Gasteiger partial charge in [-0.25, -0.2) is 0 Å². The Bertz CT molecular complexity index is 538. The summed E-state index contributed by atoms with van der Waals surface area (Å²) in [6.45, 7) is 6.30. The number of aromatic nitrogens is 4. The lowest BCUT2D eigenvalue weighted by Gasteiger charge is -2.28. The predicted octanol–water partition coefficient (Wildman–Crippen LogP) is 2.28. The standard InChI is InChI=1S/C14H21N5O/c1-11(9-14(2,3)20-4)16-12-7-5-6-8-13(12)19-10-15-17-18-19/h5-8,10-11,16H,9H2,1-4H3. The Hall–Kier alpha value is -1.95. The van der Waals surface area contributed by atoms with Crippen molar-refractivity contribution in [2.24, 2.45) is 0 Å². The van der Waals surface area contributed by atoms with Crippen molar-refractivity contribution in [2.75, 3.05) is 12.4 Å². The minimum Gasteiger partial charge on any atom is -0.381 e. The Balaban J connectivity index is 2.14. The molecule has 2 rings (SSSR count). The third-order valence-electron chi connectivity index (χ3n) is 3.25. The molecule has 1 unspecified atom stereocenters. The summed E-state index contributed by atoms with van der Waals surface area (Å²) in [6, 6.07) is 8.22. The highest BCUT2D eigenvalue weighted by Gasteiger charge is 2.20. The Morgan fingerprint density at radius 1 is 1.35 bits per heavy atom. The van der Waals surface area contributed by atoms with Crippen molar-refractivity contribution < 1.29 is 4.74 Å². The molecule has 6 nitrogen and oxygen atoms in total. The smallest absolute Gasteiger partial charge is 0.143 e. The van der Waals surface area contributed by atoms with Crippen LogP contribution in [-0.4, -0.2) is 39.0 Å². The van der Waals surface area contributed by atoms with Crippen LogP contribution in [0.15, 0.2) is 30.6 Å². The van der Waals surface area contributed by atoms with E-state index < -0.39 is 0 Å². The number of nitrogens with zero attached hydrogens (tertiary/aromatic N) is 4. The van der Waals surface area contributed by atoms with E-state index in [-0.39, 0.29) is 11.6 Å². The van der Waals surface area contributed by atoms with Gasteiger partial charge >= 0.3 is 0 Å². The molecule has 2 aromatic rings. The fraction of sp³-hybridized carbons (Fsp3) is 0.500. The maximum atomic E-state index is 5.47. The molecule has 0 saturated carbocycles. The van der Waals surface area contributed by atoms with Gasteiger partial charge < -0.3 is 10.1 Å². The number of hydrogen-bond acceptors (Lipinski definition) is 5. The highest BCUT2D eigenvalue weighted by atomic mass is 16.5. The SMILES string of the molecule is COC(C)(C)CC(C)Nc1ccccc1-n1cnnn1. The molecule has 20 heavy (non-hydrogen) atoms. The number of rotatable bonds is 6. The Kier molecular flexibility index (Phi) is 4.34. The number of hydrogen-bond donors (Lipinski definition) is 1. The second-order valence-corrected chi connectivity index (χ2v) is 5.48. The second-order valence-electron chi connectivity index (χ2n) is 5.48. The first kappa shape index (κ1) is 14.5. The van der Waals surface area contributed by atoms with E-state index >= 15 is 0 Å². The molecule has 0 aliphatic carbocycles. The summed E-state index contributed by atoms with van der Waals surface area (Å²) in [6.07, 6.45) is 2.48. The third-order valence-corrected chi connectivity index (χ3v) is 3.25. The Labute approximate surface area is 119 Å². The van der Waals surface area contributed by atoms with Crippen LogP contribution in [0.5, 0.6) is 0 Å². The van der Waals surface area contributed by atoms with Crippen LogP contribution >= 0.6 is 0 Å². The van der Waals surface area contributed by atoms with Gasteiger partial charge in [-0.3, -0.25) is 0 Å². The molecule has 0 aliphatic rings. The van der Waals surface area contributed by atoms with E-state index in [1.807, 2.05) is 24.3 Å². The minimum absolute atomic E-state index is 0.157. The van der Waals surface area contributed by atoms with Crippen molar-refractivity contribution in [2.45, 2.75) is 38.8 Å². The van der Waals surface area contributed by atoms with Crippen LogP contribution in [0.4, 0.5) is 5.69 Å². The summed E-state index contributed by atoms with van der Waals surface area (Å²) in [4.78, 5) is 0. The number of nitrogens with one attached hydrogen (secondary N) is 1. The summed E-state index contributed by atoms with van der Waals surface area (Å²) in [5.74, 6) is 0.